The van der Waals surface area contributed by atoms with Gasteiger partial charge in [0.15, 0.2) is 0 Å². The third kappa shape index (κ3) is 3.57. The minimum Gasteiger partial charge on any atom is -0.292 e. The van der Waals surface area contributed by atoms with Gasteiger partial charge < -0.3 is 0 Å². The minimum absolute atomic E-state index is 0.0754. The van der Waals surface area contributed by atoms with Crippen molar-refractivity contribution in [2.24, 2.45) is 0 Å². The van der Waals surface area contributed by atoms with Crippen molar-refractivity contribution in [2.45, 2.75) is 44.9 Å². The second-order valence-corrected chi connectivity index (χ2v) is 4.96. The average molecular weight is 246 g/mol. The normalized spacial score (nSPS) is 13.4. The van der Waals surface area contributed by atoms with Gasteiger partial charge in [0.25, 0.3) is 0 Å². The number of carbonyl (C=O) groups is 1. The first-order valence-electron chi connectivity index (χ1n) is 6.86. The molecule has 1 aromatic carbocycles. The highest BCUT2D eigenvalue weighted by atomic mass is 16.2. The van der Waals surface area contributed by atoms with Crippen LogP contribution in [-0.2, 0) is 24.1 Å². The summed E-state index contributed by atoms with van der Waals surface area (Å²) in [6.07, 6.45) is 7.52. The summed E-state index contributed by atoms with van der Waals surface area (Å²) in [5.74, 6) is 0.0754. The van der Waals surface area contributed by atoms with Gasteiger partial charge in [-0.1, -0.05) is 18.2 Å². The van der Waals surface area contributed by atoms with Crippen molar-refractivity contribution in [3.63, 3.8) is 0 Å². The maximum atomic E-state index is 11.2. The van der Waals surface area contributed by atoms with E-state index in [2.05, 4.69) is 29.1 Å². The number of hydrogen-bond donors (Lipinski definition) is 2. The molecule has 0 saturated carbocycles. The van der Waals surface area contributed by atoms with Crippen LogP contribution in [0.25, 0.3) is 0 Å². The average Bonchev–Trinajstić information content (AvgIpc) is 2.82. The molecule has 2 N–H and O–H groups in total. The summed E-state index contributed by atoms with van der Waals surface area (Å²) in [7, 11) is 1.71. The Bertz CT molecular complexity index is 415. The molecule has 0 bridgehead atoms. The lowest BCUT2D eigenvalue weighted by atomic mass is 10.0. The summed E-state index contributed by atoms with van der Waals surface area (Å²) < 4.78 is 0. The van der Waals surface area contributed by atoms with E-state index in [1.54, 1.807) is 12.6 Å². The Morgan fingerprint density at radius 2 is 2.06 bits per heavy atom. The Kier molecular flexibility index (Phi) is 4.76. The van der Waals surface area contributed by atoms with E-state index in [-0.39, 0.29) is 5.91 Å². The fourth-order valence-corrected chi connectivity index (χ4v) is 2.60. The van der Waals surface area contributed by atoms with Crippen LogP contribution in [0.5, 0.6) is 0 Å². The lowest BCUT2D eigenvalue weighted by Crippen LogP contribution is -2.33. The number of fused-ring (bicyclic) bond motifs is 1. The van der Waals surface area contributed by atoms with Gasteiger partial charge in [0.2, 0.25) is 5.91 Å². The molecule has 0 atom stereocenters. The molecular weight excluding hydrogens is 224 g/mol. The minimum atomic E-state index is 0.0754. The zero-order valence-electron chi connectivity index (χ0n) is 11.1. The first-order valence-corrected chi connectivity index (χ1v) is 6.86. The zero-order chi connectivity index (χ0) is 12.8. The lowest BCUT2D eigenvalue weighted by molar-refractivity contribution is -0.122. The molecular formula is C15H22N2O. The zero-order valence-corrected chi connectivity index (χ0v) is 11.1. The van der Waals surface area contributed by atoms with Crippen LogP contribution in [0, 0.1) is 0 Å². The lowest BCUT2D eigenvalue weighted by Gasteiger charge is -2.05. The summed E-state index contributed by atoms with van der Waals surface area (Å²) in [6.45, 7) is 0. The van der Waals surface area contributed by atoms with Crippen molar-refractivity contribution < 1.29 is 4.79 Å². The highest BCUT2D eigenvalue weighted by molar-refractivity contribution is 5.75. The summed E-state index contributed by atoms with van der Waals surface area (Å²) in [5.41, 5.74) is 9.74. The number of hydrazine groups is 1. The van der Waals surface area contributed by atoms with Crippen molar-refractivity contribution in [1.29, 1.82) is 0 Å². The van der Waals surface area contributed by atoms with E-state index >= 15 is 0 Å². The van der Waals surface area contributed by atoms with Crippen LogP contribution in [0.3, 0.4) is 0 Å². The summed E-state index contributed by atoms with van der Waals surface area (Å²) in [4.78, 5) is 11.2. The molecule has 1 amide bonds. The molecule has 0 aromatic heterocycles. The van der Waals surface area contributed by atoms with Gasteiger partial charge in [-0.3, -0.25) is 10.2 Å². The standard InChI is InChI=1S/C15H22N2O/c1-16-17-15(18)8-3-2-5-12-9-10-13-6-4-7-14(13)11-12/h9-11,16H,2-8H2,1H3,(H,17,18). The Labute approximate surface area is 109 Å². The molecule has 1 aliphatic carbocycles. The van der Waals surface area contributed by atoms with Crippen LogP contribution >= 0.6 is 0 Å². The Balaban J connectivity index is 1.72. The van der Waals surface area contributed by atoms with Gasteiger partial charge >= 0.3 is 0 Å². The number of benzene rings is 1. The maximum Gasteiger partial charge on any atom is 0.234 e. The van der Waals surface area contributed by atoms with Crippen LogP contribution in [0.15, 0.2) is 18.2 Å². The number of unbranched alkanes of at least 4 members (excludes halogenated alkanes) is 1. The fourth-order valence-electron chi connectivity index (χ4n) is 2.60. The molecule has 3 heteroatoms. The van der Waals surface area contributed by atoms with Gasteiger partial charge in [-0.15, -0.1) is 0 Å². The highest BCUT2D eigenvalue weighted by Crippen LogP contribution is 2.23. The number of aryl methyl sites for hydroxylation is 3. The van der Waals surface area contributed by atoms with E-state index in [9.17, 15) is 4.79 Å². The number of rotatable bonds is 6. The smallest absolute Gasteiger partial charge is 0.234 e. The quantitative estimate of drug-likeness (QED) is 0.596. The molecule has 0 saturated heterocycles. The molecule has 1 aromatic rings. The predicted molar refractivity (Wildman–Crippen MR) is 73.2 cm³/mol. The van der Waals surface area contributed by atoms with E-state index in [1.165, 1.54) is 30.4 Å². The Morgan fingerprint density at radius 1 is 1.22 bits per heavy atom. The van der Waals surface area contributed by atoms with Gasteiger partial charge in [-0.25, -0.2) is 5.43 Å². The molecule has 0 spiro atoms. The molecule has 18 heavy (non-hydrogen) atoms. The van der Waals surface area contributed by atoms with Crippen LogP contribution in [0.2, 0.25) is 0 Å². The molecule has 0 heterocycles. The van der Waals surface area contributed by atoms with E-state index in [0.29, 0.717) is 6.42 Å². The third-order valence-electron chi connectivity index (χ3n) is 3.55. The van der Waals surface area contributed by atoms with E-state index in [4.69, 9.17) is 0 Å². The second-order valence-electron chi connectivity index (χ2n) is 4.96. The highest BCUT2D eigenvalue weighted by Gasteiger charge is 2.10. The van der Waals surface area contributed by atoms with Gasteiger partial charge in [0.1, 0.15) is 0 Å². The van der Waals surface area contributed by atoms with Gasteiger partial charge in [0.05, 0.1) is 0 Å². The molecule has 1 aliphatic rings. The van der Waals surface area contributed by atoms with Crippen LogP contribution in [-0.4, -0.2) is 13.0 Å². The number of carbonyl (C=O) groups excluding carboxylic acids is 1. The van der Waals surface area contributed by atoms with Crippen LogP contribution < -0.4 is 10.9 Å². The Hall–Kier alpha value is -1.35. The van der Waals surface area contributed by atoms with Gasteiger partial charge in [-0.2, -0.15) is 0 Å². The van der Waals surface area contributed by atoms with E-state index < -0.39 is 0 Å². The Morgan fingerprint density at radius 3 is 2.89 bits per heavy atom. The maximum absolute atomic E-state index is 11.2. The SMILES string of the molecule is CNNC(=O)CCCCc1ccc2c(c1)CCC2. The monoisotopic (exact) mass is 246 g/mol. The molecule has 0 aliphatic heterocycles. The van der Waals surface area contributed by atoms with Gasteiger partial charge in [0, 0.05) is 13.5 Å². The van der Waals surface area contributed by atoms with Gasteiger partial charge in [-0.05, 0) is 55.2 Å². The van der Waals surface area contributed by atoms with Crippen molar-refractivity contribution in [1.82, 2.24) is 10.9 Å². The number of nitrogens with one attached hydrogen (secondary N) is 2. The first-order chi connectivity index (χ1) is 8.79. The summed E-state index contributed by atoms with van der Waals surface area (Å²) in [6, 6.07) is 6.89. The molecule has 98 valence electrons. The largest absolute Gasteiger partial charge is 0.292 e. The molecule has 0 radical (unpaired) electrons. The van der Waals surface area contributed by atoms with Crippen molar-refractivity contribution in [3.8, 4) is 0 Å². The topological polar surface area (TPSA) is 41.1 Å². The molecule has 0 unspecified atom stereocenters. The van der Waals surface area contributed by atoms with E-state index in [1.807, 2.05) is 0 Å². The van der Waals surface area contributed by atoms with Crippen molar-refractivity contribution in [2.75, 3.05) is 7.05 Å². The van der Waals surface area contributed by atoms with E-state index in [0.717, 1.165) is 19.3 Å². The van der Waals surface area contributed by atoms with Crippen LogP contribution in [0.4, 0.5) is 0 Å². The fraction of sp³-hybridized carbons (Fsp3) is 0.533. The molecule has 0 fully saturated rings. The van der Waals surface area contributed by atoms with Crippen LogP contribution in [0.1, 0.15) is 42.4 Å². The summed E-state index contributed by atoms with van der Waals surface area (Å²) >= 11 is 0. The number of amides is 1. The van der Waals surface area contributed by atoms with Crippen molar-refractivity contribution in [3.05, 3.63) is 34.9 Å². The predicted octanol–water partition coefficient (Wildman–Crippen LogP) is 2.14. The number of hydrogen-bond acceptors (Lipinski definition) is 2. The molecule has 3 nitrogen and oxygen atoms in total. The first kappa shape index (κ1) is 13.1. The summed E-state index contributed by atoms with van der Waals surface area (Å²) in [5, 5.41) is 0. The second kappa shape index (κ2) is 6.55. The molecule has 2 rings (SSSR count). The third-order valence-corrected chi connectivity index (χ3v) is 3.55. The van der Waals surface area contributed by atoms with Crippen molar-refractivity contribution >= 4 is 5.91 Å².